The van der Waals surface area contributed by atoms with Crippen LogP contribution in [0.15, 0.2) is 53.3 Å². The van der Waals surface area contributed by atoms with Crippen LogP contribution in [0, 0.1) is 5.82 Å². The van der Waals surface area contributed by atoms with E-state index in [1.807, 2.05) is 36.4 Å². The highest BCUT2D eigenvalue weighted by Gasteiger charge is 2.07. The molecule has 0 aliphatic rings. The predicted molar refractivity (Wildman–Crippen MR) is 78.7 cm³/mol. The Balaban J connectivity index is 1.61. The minimum Gasteiger partial charge on any atom is -0.469 e. The lowest BCUT2D eigenvalue weighted by Crippen LogP contribution is -2.02. The van der Waals surface area contributed by atoms with Gasteiger partial charge >= 0.3 is 6.01 Å². The molecule has 2 aromatic heterocycles. The van der Waals surface area contributed by atoms with Crippen molar-refractivity contribution in [2.45, 2.75) is 13.0 Å². The zero-order valence-electron chi connectivity index (χ0n) is 11.7. The Morgan fingerprint density at radius 3 is 2.77 bits per heavy atom. The van der Waals surface area contributed by atoms with Crippen molar-refractivity contribution in [1.29, 1.82) is 0 Å². The molecule has 0 unspecified atom stereocenters. The van der Waals surface area contributed by atoms with Crippen LogP contribution in [-0.4, -0.2) is 9.97 Å². The van der Waals surface area contributed by atoms with Crippen molar-refractivity contribution < 1.29 is 13.5 Å². The third-order valence-corrected chi connectivity index (χ3v) is 3.05. The average Bonchev–Trinajstić information content (AvgIpc) is 2.97. The Kier molecular flexibility index (Phi) is 4.00. The highest BCUT2D eigenvalue weighted by molar-refractivity contribution is 5.29. The Labute approximate surface area is 126 Å². The normalized spacial score (nSPS) is 10.6. The van der Waals surface area contributed by atoms with Gasteiger partial charge < -0.3 is 14.9 Å². The molecule has 2 N–H and O–H groups in total. The highest BCUT2D eigenvalue weighted by atomic mass is 19.1. The number of ether oxygens (including phenoxy) is 1. The summed E-state index contributed by atoms with van der Waals surface area (Å²) in [5.74, 6) is -0.0629. The maximum atomic E-state index is 13.0. The van der Waals surface area contributed by atoms with Crippen LogP contribution in [0.1, 0.15) is 16.9 Å². The number of nitrogens with zero attached hydrogens (tertiary/aromatic N) is 2. The first-order valence-electron chi connectivity index (χ1n) is 6.72. The fourth-order valence-electron chi connectivity index (χ4n) is 1.97. The predicted octanol–water partition coefficient (Wildman–Crippen LogP) is 2.96. The van der Waals surface area contributed by atoms with Crippen LogP contribution in [-0.2, 0) is 13.0 Å². The first-order valence-corrected chi connectivity index (χ1v) is 6.72. The van der Waals surface area contributed by atoms with Crippen LogP contribution < -0.4 is 10.5 Å². The molecule has 112 valence electrons. The van der Waals surface area contributed by atoms with Crippen LogP contribution in [0.3, 0.4) is 0 Å². The Hall–Kier alpha value is -2.89. The molecule has 3 rings (SSSR count). The van der Waals surface area contributed by atoms with Gasteiger partial charge in [0, 0.05) is 12.0 Å². The van der Waals surface area contributed by atoms with E-state index in [4.69, 9.17) is 14.9 Å². The number of hydrogen-bond donors (Lipinski definition) is 1. The molecule has 2 heterocycles. The van der Waals surface area contributed by atoms with Gasteiger partial charge in [0.25, 0.3) is 0 Å². The minimum atomic E-state index is -0.666. The largest absolute Gasteiger partial charge is 0.469 e. The monoisotopic (exact) mass is 299 g/mol. The van der Waals surface area contributed by atoms with E-state index in [2.05, 4.69) is 9.97 Å². The third kappa shape index (κ3) is 3.41. The molecule has 0 radical (unpaired) electrons. The van der Waals surface area contributed by atoms with E-state index < -0.39 is 5.82 Å². The lowest BCUT2D eigenvalue weighted by Gasteiger charge is -2.02. The van der Waals surface area contributed by atoms with Gasteiger partial charge in [-0.2, -0.15) is 4.98 Å². The summed E-state index contributed by atoms with van der Waals surface area (Å²) in [7, 11) is 0. The van der Waals surface area contributed by atoms with Gasteiger partial charge in [0.1, 0.15) is 12.4 Å². The summed E-state index contributed by atoms with van der Waals surface area (Å²) in [5, 5.41) is 0. The summed E-state index contributed by atoms with van der Waals surface area (Å²) >= 11 is 0. The van der Waals surface area contributed by atoms with Gasteiger partial charge in [0.05, 0.1) is 12.5 Å². The molecule has 0 bridgehead atoms. The highest BCUT2D eigenvalue weighted by Crippen LogP contribution is 2.15. The second-order valence-corrected chi connectivity index (χ2v) is 4.76. The van der Waals surface area contributed by atoms with Crippen LogP contribution in [0.5, 0.6) is 6.01 Å². The minimum absolute atomic E-state index is 0.0321. The molecule has 0 amide bonds. The summed E-state index contributed by atoms with van der Waals surface area (Å²) in [6.45, 7) is 0.226. The number of nitrogens with two attached hydrogens (primary N) is 1. The first kappa shape index (κ1) is 14.1. The van der Waals surface area contributed by atoms with Gasteiger partial charge in [-0.1, -0.05) is 30.3 Å². The van der Waals surface area contributed by atoms with E-state index >= 15 is 0 Å². The number of rotatable bonds is 5. The fraction of sp³-hybridized carbons (Fsp3) is 0.125. The molecular formula is C16H14FN3O2. The topological polar surface area (TPSA) is 74.2 Å². The molecule has 22 heavy (non-hydrogen) atoms. The lowest BCUT2D eigenvalue weighted by atomic mass is 10.1. The van der Waals surface area contributed by atoms with E-state index in [1.165, 1.54) is 5.56 Å². The van der Waals surface area contributed by atoms with Crippen LogP contribution in [0.25, 0.3) is 0 Å². The van der Waals surface area contributed by atoms with Crippen molar-refractivity contribution in [3.8, 4) is 6.01 Å². The number of benzene rings is 1. The summed E-state index contributed by atoms with van der Waals surface area (Å²) in [6.07, 6.45) is 3.31. The molecule has 0 atom stereocenters. The molecule has 5 nitrogen and oxygen atoms in total. The van der Waals surface area contributed by atoms with Gasteiger partial charge in [-0.25, -0.2) is 9.37 Å². The molecule has 0 aliphatic carbocycles. The van der Waals surface area contributed by atoms with E-state index in [0.29, 0.717) is 6.42 Å². The van der Waals surface area contributed by atoms with Gasteiger partial charge in [0.2, 0.25) is 0 Å². The maximum absolute atomic E-state index is 13.0. The van der Waals surface area contributed by atoms with Crippen molar-refractivity contribution >= 4 is 5.82 Å². The van der Waals surface area contributed by atoms with Crippen LogP contribution in [0.4, 0.5) is 10.2 Å². The second kappa shape index (κ2) is 6.26. The standard InChI is InChI=1S/C16H14FN3O2/c17-14-8-19-16(20-15(14)18)22-10-12-7-13(21-9-12)6-11-4-2-1-3-5-11/h1-5,7-9H,6,10H2,(H2,18,19,20). The van der Waals surface area contributed by atoms with Crippen LogP contribution >= 0.6 is 0 Å². The average molecular weight is 299 g/mol. The number of anilines is 1. The molecule has 0 spiro atoms. The van der Waals surface area contributed by atoms with Crippen molar-refractivity contribution in [3.05, 3.63) is 71.6 Å². The summed E-state index contributed by atoms with van der Waals surface area (Å²) < 4.78 is 23.8. The quantitative estimate of drug-likeness (QED) is 0.784. The van der Waals surface area contributed by atoms with E-state index in [1.54, 1.807) is 6.26 Å². The smallest absolute Gasteiger partial charge is 0.318 e. The number of hydrogen-bond acceptors (Lipinski definition) is 5. The SMILES string of the molecule is Nc1nc(OCc2coc(Cc3ccccc3)c2)ncc1F. The summed E-state index contributed by atoms with van der Waals surface area (Å²) in [4.78, 5) is 7.41. The Morgan fingerprint density at radius 1 is 1.18 bits per heavy atom. The van der Waals surface area contributed by atoms with Crippen molar-refractivity contribution in [1.82, 2.24) is 9.97 Å². The van der Waals surface area contributed by atoms with Gasteiger partial charge in [0.15, 0.2) is 11.6 Å². The number of nitrogen functional groups attached to an aromatic ring is 1. The molecule has 3 aromatic rings. The number of halogens is 1. The molecule has 0 aliphatic heterocycles. The van der Waals surface area contributed by atoms with Crippen molar-refractivity contribution in [2.24, 2.45) is 0 Å². The zero-order valence-corrected chi connectivity index (χ0v) is 11.7. The maximum Gasteiger partial charge on any atom is 0.318 e. The van der Waals surface area contributed by atoms with Gasteiger partial charge in [-0.05, 0) is 11.6 Å². The van der Waals surface area contributed by atoms with E-state index in [9.17, 15) is 4.39 Å². The van der Waals surface area contributed by atoms with Crippen molar-refractivity contribution in [3.63, 3.8) is 0 Å². The molecular weight excluding hydrogens is 285 g/mol. The third-order valence-electron chi connectivity index (χ3n) is 3.05. The van der Waals surface area contributed by atoms with Crippen LogP contribution in [0.2, 0.25) is 0 Å². The fourth-order valence-corrected chi connectivity index (χ4v) is 1.97. The van der Waals surface area contributed by atoms with E-state index in [0.717, 1.165) is 17.5 Å². The van der Waals surface area contributed by atoms with Gasteiger partial charge in [-0.3, -0.25) is 0 Å². The second-order valence-electron chi connectivity index (χ2n) is 4.76. The lowest BCUT2D eigenvalue weighted by molar-refractivity contribution is 0.279. The van der Waals surface area contributed by atoms with E-state index in [-0.39, 0.29) is 18.4 Å². The molecule has 0 fully saturated rings. The zero-order chi connectivity index (χ0) is 15.4. The van der Waals surface area contributed by atoms with Gasteiger partial charge in [-0.15, -0.1) is 0 Å². The molecule has 0 saturated heterocycles. The van der Waals surface area contributed by atoms with Crippen molar-refractivity contribution in [2.75, 3.05) is 5.73 Å². The number of furan rings is 1. The molecule has 1 aromatic carbocycles. The first-order chi connectivity index (χ1) is 10.7. The summed E-state index contributed by atoms with van der Waals surface area (Å²) in [5.41, 5.74) is 7.37. The molecule has 6 heteroatoms. The number of aromatic nitrogens is 2. The summed E-state index contributed by atoms with van der Waals surface area (Å²) in [6, 6.07) is 11.9. The Morgan fingerprint density at radius 2 is 2.00 bits per heavy atom. The Bertz CT molecular complexity index is 759. The molecule has 0 saturated carbocycles.